The van der Waals surface area contributed by atoms with E-state index in [1.165, 1.54) is 0 Å². The maximum absolute atomic E-state index is 12.0. The van der Waals surface area contributed by atoms with Crippen molar-refractivity contribution in [1.82, 2.24) is 4.98 Å². The molecule has 0 saturated heterocycles. The van der Waals surface area contributed by atoms with Crippen LogP contribution in [0.4, 0.5) is 5.69 Å². The Morgan fingerprint density at radius 2 is 2.00 bits per heavy atom. The van der Waals surface area contributed by atoms with Crippen LogP contribution in [0.1, 0.15) is 21.6 Å². The number of aromatic nitrogens is 1. The lowest BCUT2D eigenvalue weighted by atomic mass is 10.1. The van der Waals surface area contributed by atoms with E-state index in [9.17, 15) is 4.79 Å². The zero-order valence-electron chi connectivity index (χ0n) is 10.2. The highest BCUT2D eigenvalue weighted by Gasteiger charge is 2.09. The van der Waals surface area contributed by atoms with Gasteiger partial charge in [0.1, 0.15) is 5.69 Å². The number of amides is 1. The lowest BCUT2D eigenvalue weighted by Crippen LogP contribution is -2.14. The van der Waals surface area contributed by atoms with Crippen molar-refractivity contribution >= 4 is 27.5 Å². The predicted octanol–water partition coefficient (Wildman–Crippen LogP) is 3.71. The van der Waals surface area contributed by atoms with E-state index >= 15 is 0 Å². The summed E-state index contributed by atoms with van der Waals surface area (Å²) in [4.78, 5) is 16.1. The van der Waals surface area contributed by atoms with Crippen LogP contribution in [0, 0.1) is 13.8 Å². The molecule has 0 fully saturated rings. The van der Waals surface area contributed by atoms with Gasteiger partial charge in [-0.1, -0.05) is 12.1 Å². The average molecular weight is 305 g/mol. The van der Waals surface area contributed by atoms with E-state index in [4.69, 9.17) is 0 Å². The summed E-state index contributed by atoms with van der Waals surface area (Å²) < 4.78 is 0.853. The summed E-state index contributed by atoms with van der Waals surface area (Å²) in [5.74, 6) is -0.198. The Morgan fingerprint density at radius 1 is 1.22 bits per heavy atom. The molecule has 0 radical (unpaired) electrons. The number of benzene rings is 1. The SMILES string of the molecule is Cc1cccc(NC(=O)c2ccc(Br)cn2)c1C. The van der Waals surface area contributed by atoms with Gasteiger partial charge in [0.25, 0.3) is 5.91 Å². The molecule has 0 aliphatic heterocycles. The van der Waals surface area contributed by atoms with Crippen LogP contribution in [-0.4, -0.2) is 10.9 Å². The number of pyridine rings is 1. The second kappa shape index (κ2) is 5.31. The molecule has 0 saturated carbocycles. The van der Waals surface area contributed by atoms with Crippen LogP contribution < -0.4 is 5.32 Å². The second-order valence-electron chi connectivity index (χ2n) is 4.06. The molecule has 4 heteroatoms. The zero-order chi connectivity index (χ0) is 13.1. The number of halogens is 1. The van der Waals surface area contributed by atoms with Crippen molar-refractivity contribution in [2.75, 3.05) is 5.32 Å². The first-order valence-electron chi connectivity index (χ1n) is 5.57. The summed E-state index contributed by atoms with van der Waals surface area (Å²) in [6.07, 6.45) is 1.61. The Bertz CT molecular complexity index is 579. The highest BCUT2D eigenvalue weighted by Crippen LogP contribution is 2.18. The normalized spacial score (nSPS) is 10.2. The molecule has 1 amide bonds. The van der Waals surface area contributed by atoms with Gasteiger partial charge in [0.15, 0.2) is 0 Å². The van der Waals surface area contributed by atoms with Gasteiger partial charge in [0, 0.05) is 16.4 Å². The monoisotopic (exact) mass is 304 g/mol. The van der Waals surface area contributed by atoms with E-state index in [0.29, 0.717) is 5.69 Å². The van der Waals surface area contributed by atoms with E-state index in [1.54, 1.807) is 18.3 Å². The molecule has 0 bridgehead atoms. The molecule has 1 aromatic carbocycles. The fourth-order valence-corrected chi connectivity index (χ4v) is 1.82. The molecule has 2 aromatic rings. The largest absolute Gasteiger partial charge is 0.320 e. The van der Waals surface area contributed by atoms with Crippen molar-refractivity contribution in [3.63, 3.8) is 0 Å². The Balaban J connectivity index is 2.21. The van der Waals surface area contributed by atoms with Crippen molar-refractivity contribution in [1.29, 1.82) is 0 Å². The summed E-state index contributed by atoms with van der Waals surface area (Å²) in [5.41, 5.74) is 3.45. The number of carbonyl (C=O) groups excluding carboxylic acids is 1. The van der Waals surface area contributed by atoms with Gasteiger partial charge in [-0.25, -0.2) is 4.98 Å². The second-order valence-corrected chi connectivity index (χ2v) is 4.98. The minimum absolute atomic E-state index is 0.198. The first-order chi connectivity index (χ1) is 8.58. The molecule has 0 unspecified atom stereocenters. The van der Waals surface area contributed by atoms with Crippen molar-refractivity contribution < 1.29 is 4.79 Å². The van der Waals surface area contributed by atoms with Crippen LogP contribution in [0.25, 0.3) is 0 Å². The lowest BCUT2D eigenvalue weighted by Gasteiger charge is -2.09. The first-order valence-corrected chi connectivity index (χ1v) is 6.36. The molecular formula is C14H13BrN2O. The summed E-state index contributed by atoms with van der Waals surface area (Å²) >= 11 is 3.29. The third-order valence-corrected chi connectivity index (χ3v) is 3.28. The summed E-state index contributed by atoms with van der Waals surface area (Å²) in [6, 6.07) is 9.31. The number of hydrogen-bond acceptors (Lipinski definition) is 2. The van der Waals surface area contributed by atoms with Gasteiger partial charge in [-0.15, -0.1) is 0 Å². The molecule has 18 heavy (non-hydrogen) atoms. The number of aryl methyl sites for hydroxylation is 1. The maximum atomic E-state index is 12.0. The molecule has 1 heterocycles. The highest BCUT2D eigenvalue weighted by molar-refractivity contribution is 9.10. The van der Waals surface area contributed by atoms with E-state index < -0.39 is 0 Å². The van der Waals surface area contributed by atoms with Crippen molar-refractivity contribution in [3.05, 3.63) is 57.8 Å². The van der Waals surface area contributed by atoms with Crippen LogP contribution in [0.5, 0.6) is 0 Å². The third kappa shape index (κ3) is 2.76. The number of nitrogens with one attached hydrogen (secondary N) is 1. The Labute approximate surface area is 114 Å². The number of nitrogens with zero attached hydrogens (tertiary/aromatic N) is 1. The number of rotatable bonds is 2. The van der Waals surface area contributed by atoms with E-state index in [-0.39, 0.29) is 5.91 Å². The third-order valence-electron chi connectivity index (χ3n) is 2.81. The van der Waals surface area contributed by atoms with Gasteiger partial charge in [-0.2, -0.15) is 0 Å². The summed E-state index contributed by atoms with van der Waals surface area (Å²) in [6.45, 7) is 4.00. The minimum atomic E-state index is -0.198. The summed E-state index contributed by atoms with van der Waals surface area (Å²) in [5, 5.41) is 2.87. The standard InChI is InChI=1S/C14H13BrN2O/c1-9-4-3-5-12(10(9)2)17-14(18)13-7-6-11(15)8-16-13/h3-8H,1-2H3,(H,17,18). The molecule has 0 aliphatic rings. The number of hydrogen-bond donors (Lipinski definition) is 1. The lowest BCUT2D eigenvalue weighted by molar-refractivity contribution is 0.102. The summed E-state index contributed by atoms with van der Waals surface area (Å²) in [7, 11) is 0. The topological polar surface area (TPSA) is 42.0 Å². The first kappa shape index (κ1) is 12.8. The molecule has 92 valence electrons. The maximum Gasteiger partial charge on any atom is 0.274 e. The molecule has 0 aliphatic carbocycles. The smallest absolute Gasteiger partial charge is 0.274 e. The van der Waals surface area contributed by atoms with Crippen LogP contribution in [0.3, 0.4) is 0 Å². The van der Waals surface area contributed by atoms with Crippen LogP contribution in [0.2, 0.25) is 0 Å². The van der Waals surface area contributed by atoms with E-state index in [2.05, 4.69) is 26.2 Å². The molecule has 2 rings (SSSR count). The molecular weight excluding hydrogens is 292 g/mol. The zero-order valence-corrected chi connectivity index (χ0v) is 11.8. The van der Waals surface area contributed by atoms with Gasteiger partial charge in [-0.3, -0.25) is 4.79 Å². The average Bonchev–Trinajstić information content (AvgIpc) is 2.36. The van der Waals surface area contributed by atoms with Gasteiger partial charge in [0.05, 0.1) is 0 Å². The number of carbonyl (C=O) groups is 1. The van der Waals surface area contributed by atoms with Crippen LogP contribution in [-0.2, 0) is 0 Å². The fraction of sp³-hybridized carbons (Fsp3) is 0.143. The van der Waals surface area contributed by atoms with Gasteiger partial charge < -0.3 is 5.32 Å². The van der Waals surface area contributed by atoms with Crippen LogP contribution in [0.15, 0.2) is 41.0 Å². The van der Waals surface area contributed by atoms with E-state index in [0.717, 1.165) is 21.3 Å². The quantitative estimate of drug-likeness (QED) is 0.919. The predicted molar refractivity (Wildman–Crippen MR) is 75.8 cm³/mol. The molecule has 1 aromatic heterocycles. The van der Waals surface area contributed by atoms with Gasteiger partial charge in [0.2, 0.25) is 0 Å². The van der Waals surface area contributed by atoms with Gasteiger partial charge in [-0.05, 0) is 59.1 Å². The van der Waals surface area contributed by atoms with Crippen LogP contribution >= 0.6 is 15.9 Å². The fourth-order valence-electron chi connectivity index (χ4n) is 1.58. The Morgan fingerprint density at radius 3 is 2.67 bits per heavy atom. The van der Waals surface area contributed by atoms with Crippen molar-refractivity contribution in [2.45, 2.75) is 13.8 Å². The minimum Gasteiger partial charge on any atom is -0.320 e. The molecule has 0 atom stereocenters. The Hall–Kier alpha value is -1.68. The Kier molecular flexibility index (Phi) is 3.77. The van der Waals surface area contributed by atoms with Gasteiger partial charge >= 0.3 is 0 Å². The molecule has 0 spiro atoms. The van der Waals surface area contributed by atoms with Crippen molar-refractivity contribution in [3.8, 4) is 0 Å². The highest BCUT2D eigenvalue weighted by atomic mass is 79.9. The van der Waals surface area contributed by atoms with E-state index in [1.807, 2.05) is 32.0 Å². The molecule has 3 nitrogen and oxygen atoms in total. The number of anilines is 1. The molecule has 1 N–H and O–H groups in total. The van der Waals surface area contributed by atoms with Crippen molar-refractivity contribution in [2.24, 2.45) is 0 Å².